The van der Waals surface area contributed by atoms with Crippen LogP contribution in [-0.2, 0) is 0 Å². The zero-order valence-electron chi connectivity index (χ0n) is 11.8. The number of amides is 2. The van der Waals surface area contributed by atoms with Crippen molar-refractivity contribution in [3.8, 4) is 0 Å². The molecular formula is C14H28N2O. The van der Waals surface area contributed by atoms with E-state index in [-0.39, 0.29) is 12.1 Å². The van der Waals surface area contributed by atoms with Crippen molar-refractivity contribution >= 4 is 6.03 Å². The molecule has 1 rings (SSSR count). The molecule has 0 radical (unpaired) electrons. The van der Waals surface area contributed by atoms with Gasteiger partial charge in [-0.25, -0.2) is 4.79 Å². The highest BCUT2D eigenvalue weighted by Crippen LogP contribution is 2.24. The standard InChI is InChI=1S/C14H28N2O/c1-11(2)9-10-16(13-7-5-6-8-13)14(17)15-12(3)4/h11-13H,5-10H2,1-4H3,(H,15,17). The van der Waals surface area contributed by atoms with Crippen LogP contribution in [0.5, 0.6) is 0 Å². The first-order chi connectivity index (χ1) is 8.00. The molecule has 17 heavy (non-hydrogen) atoms. The maximum Gasteiger partial charge on any atom is 0.317 e. The molecule has 1 aliphatic carbocycles. The van der Waals surface area contributed by atoms with Gasteiger partial charge in [0.15, 0.2) is 0 Å². The Bertz CT molecular complexity index is 232. The zero-order valence-corrected chi connectivity index (χ0v) is 11.8. The Morgan fingerprint density at radius 3 is 2.29 bits per heavy atom. The average Bonchev–Trinajstić information content (AvgIpc) is 2.69. The summed E-state index contributed by atoms with van der Waals surface area (Å²) in [4.78, 5) is 14.2. The minimum Gasteiger partial charge on any atom is -0.336 e. The second-order valence-electron chi connectivity index (χ2n) is 5.92. The van der Waals surface area contributed by atoms with Gasteiger partial charge in [0.05, 0.1) is 0 Å². The fraction of sp³-hybridized carbons (Fsp3) is 0.929. The number of hydrogen-bond acceptors (Lipinski definition) is 1. The van der Waals surface area contributed by atoms with Crippen LogP contribution in [-0.4, -0.2) is 29.6 Å². The van der Waals surface area contributed by atoms with Gasteiger partial charge in [-0.1, -0.05) is 26.7 Å². The van der Waals surface area contributed by atoms with Crippen molar-refractivity contribution in [2.24, 2.45) is 5.92 Å². The van der Waals surface area contributed by atoms with Gasteiger partial charge >= 0.3 is 6.03 Å². The molecule has 0 aromatic rings. The van der Waals surface area contributed by atoms with Crippen LogP contribution in [0, 0.1) is 5.92 Å². The van der Waals surface area contributed by atoms with Gasteiger partial charge in [-0.2, -0.15) is 0 Å². The molecule has 0 atom stereocenters. The number of hydrogen-bond donors (Lipinski definition) is 1. The number of carbonyl (C=O) groups is 1. The summed E-state index contributed by atoms with van der Waals surface area (Å²) < 4.78 is 0. The minimum atomic E-state index is 0.132. The molecule has 3 nitrogen and oxygen atoms in total. The molecule has 1 N–H and O–H groups in total. The first-order valence-corrected chi connectivity index (χ1v) is 7.07. The van der Waals surface area contributed by atoms with E-state index in [4.69, 9.17) is 0 Å². The van der Waals surface area contributed by atoms with Crippen molar-refractivity contribution in [3.05, 3.63) is 0 Å². The Labute approximate surface area is 106 Å². The Hall–Kier alpha value is -0.730. The first-order valence-electron chi connectivity index (χ1n) is 7.07. The van der Waals surface area contributed by atoms with Crippen molar-refractivity contribution in [2.45, 2.75) is 71.9 Å². The molecule has 0 spiro atoms. The predicted octanol–water partition coefficient (Wildman–Crippen LogP) is 3.40. The maximum absolute atomic E-state index is 12.2. The highest BCUT2D eigenvalue weighted by Gasteiger charge is 2.26. The molecule has 1 aliphatic rings. The lowest BCUT2D eigenvalue weighted by Crippen LogP contribution is -2.47. The molecule has 0 bridgehead atoms. The van der Waals surface area contributed by atoms with Gasteiger partial charge in [0.25, 0.3) is 0 Å². The van der Waals surface area contributed by atoms with E-state index >= 15 is 0 Å². The van der Waals surface area contributed by atoms with E-state index < -0.39 is 0 Å². The van der Waals surface area contributed by atoms with Crippen molar-refractivity contribution in [1.29, 1.82) is 0 Å². The average molecular weight is 240 g/mol. The fourth-order valence-electron chi connectivity index (χ4n) is 2.39. The number of nitrogens with zero attached hydrogens (tertiary/aromatic N) is 1. The Balaban J connectivity index is 2.53. The minimum absolute atomic E-state index is 0.132. The van der Waals surface area contributed by atoms with E-state index in [2.05, 4.69) is 24.1 Å². The third-order valence-electron chi connectivity index (χ3n) is 3.39. The lowest BCUT2D eigenvalue weighted by Gasteiger charge is -2.30. The molecule has 0 unspecified atom stereocenters. The van der Waals surface area contributed by atoms with Gasteiger partial charge in [0, 0.05) is 18.6 Å². The van der Waals surface area contributed by atoms with E-state index in [9.17, 15) is 4.79 Å². The van der Waals surface area contributed by atoms with Gasteiger partial charge in [0.2, 0.25) is 0 Å². The molecule has 1 fully saturated rings. The lowest BCUT2D eigenvalue weighted by atomic mass is 10.1. The van der Waals surface area contributed by atoms with Crippen molar-refractivity contribution < 1.29 is 4.79 Å². The monoisotopic (exact) mass is 240 g/mol. The second-order valence-corrected chi connectivity index (χ2v) is 5.92. The van der Waals surface area contributed by atoms with Crippen molar-refractivity contribution in [2.75, 3.05) is 6.54 Å². The summed E-state index contributed by atoms with van der Waals surface area (Å²) in [5.74, 6) is 0.658. The highest BCUT2D eigenvalue weighted by atomic mass is 16.2. The predicted molar refractivity (Wildman–Crippen MR) is 72.1 cm³/mol. The molecule has 100 valence electrons. The Morgan fingerprint density at radius 2 is 1.82 bits per heavy atom. The quantitative estimate of drug-likeness (QED) is 0.785. The summed E-state index contributed by atoms with van der Waals surface area (Å²) in [7, 11) is 0. The molecule has 0 saturated heterocycles. The smallest absolute Gasteiger partial charge is 0.317 e. The van der Waals surface area contributed by atoms with Gasteiger partial charge in [-0.15, -0.1) is 0 Å². The molecule has 2 amide bonds. The molecule has 0 aromatic carbocycles. The zero-order chi connectivity index (χ0) is 12.8. The second kappa shape index (κ2) is 6.87. The van der Waals surface area contributed by atoms with E-state index in [1.165, 1.54) is 25.7 Å². The number of urea groups is 1. The summed E-state index contributed by atoms with van der Waals surface area (Å²) in [6.07, 6.45) is 6.02. The molecule has 0 heterocycles. The SMILES string of the molecule is CC(C)CCN(C(=O)NC(C)C)C1CCCC1. The molecule has 1 saturated carbocycles. The van der Waals surface area contributed by atoms with Crippen LogP contribution < -0.4 is 5.32 Å². The number of nitrogens with one attached hydrogen (secondary N) is 1. The highest BCUT2D eigenvalue weighted by molar-refractivity contribution is 5.74. The number of rotatable bonds is 5. The van der Waals surface area contributed by atoms with Crippen LogP contribution in [0.25, 0.3) is 0 Å². The van der Waals surface area contributed by atoms with Crippen LogP contribution in [0.4, 0.5) is 4.79 Å². The first kappa shape index (κ1) is 14.3. The lowest BCUT2D eigenvalue weighted by molar-refractivity contribution is 0.168. The Morgan fingerprint density at radius 1 is 1.24 bits per heavy atom. The van der Waals surface area contributed by atoms with E-state index in [1.807, 2.05) is 13.8 Å². The van der Waals surface area contributed by atoms with Gasteiger partial charge < -0.3 is 10.2 Å². The topological polar surface area (TPSA) is 32.3 Å². The molecule has 0 aromatic heterocycles. The Kier molecular flexibility index (Phi) is 5.79. The summed E-state index contributed by atoms with van der Waals surface area (Å²) in [6.45, 7) is 9.38. The van der Waals surface area contributed by atoms with Crippen LogP contribution in [0.1, 0.15) is 59.8 Å². The largest absolute Gasteiger partial charge is 0.336 e. The van der Waals surface area contributed by atoms with Gasteiger partial charge in [0.1, 0.15) is 0 Å². The number of carbonyl (C=O) groups excluding carboxylic acids is 1. The third kappa shape index (κ3) is 4.97. The van der Waals surface area contributed by atoms with E-state index in [1.54, 1.807) is 0 Å². The maximum atomic E-state index is 12.2. The third-order valence-corrected chi connectivity index (χ3v) is 3.39. The molecule has 0 aliphatic heterocycles. The summed E-state index contributed by atoms with van der Waals surface area (Å²) in [5, 5.41) is 3.03. The summed E-state index contributed by atoms with van der Waals surface area (Å²) >= 11 is 0. The van der Waals surface area contributed by atoms with Crippen LogP contribution in [0.15, 0.2) is 0 Å². The van der Waals surface area contributed by atoms with E-state index in [0.29, 0.717) is 12.0 Å². The summed E-state index contributed by atoms with van der Waals surface area (Å²) in [6, 6.07) is 0.838. The van der Waals surface area contributed by atoms with Gasteiger partial charge in [-0.3, -0.25) is 0 Å². The van der Waals surface area contributed by atoms with Crippen LogP contribution in [0.2, 0.25) is 0 Å². The van der Waals surface area contributed by atoms with Gasteiger partial charge in [-0.05, 0) is 39.0 Å². The van der Waals surface area contributed by atoms with Crippen molar-refractivity contribution in [1.82, 2.24) is 10.2 Å². The van der Waals surface area contributed by atoms with Crippen LogP contribution in [0.3, 0.4) is 0 Å². The summed E-state index contributed by atoms with van der Waals surface area (Å²) in [5.41, 5.74) is 0. The van der Waals surface area contributed by atoms with Crippen LogP contribution >= 0.6 is 0 Å². The van der Waals surface area contributed by atoms with Crippen molar-refractivity contribution in [3.63, 3.8) is 0 Å². The molecule has 3 heteroatoms. The normalized spacial score (nSPS) is 16.8. The fourth-order valence-corrected chi connectivity index (χ4v) is 2.39. The molecular weight excluding hydrogens is 212 g/mol. The van der Waals surface area contributed by atoms with E-state index in [0.717, 1.165) is 13.0 Å².